The average Bonchev–Trinajstić information content (AvgIpc) is 3.32. The molecule has 0 aromatic carbocycles. The van der Waals surface area contributed by atoms with Gasteiger partial charge in [-0.25, -0.2) is 4.18 Å². The number of nitrogens with one attached hydrogen (secondary N) is 1. The minimum absolute atomic E-state index is 0.237. The predicted molar refractivity (Wildman–Crippen MR) is 279 cm³/mol. The highest BCUT2D eigenvalue weighted by Gasteiger charge is 2.48. The van der Waals surface area contributed by atoms with Gasteiger partial charge in [0.15, 0.2) is 6.29 Å². The molecule has 8 atom stereocenters. The molecule has 0 spiro atoms. The number of rotatable bonds is 48. The lowest BCUT2D eigenvalue weighted by Gasteiger charge is -2.41. The number of unbranched alkanes of at least 4 members (excludes halogenated alkanes) is 31. The number of allylic oxidation sites excluding steroid dienone is 5. The zero-order valence-corrected chi connectivity index (χ0v) is 44.3. The van der Waals surface area contributed by atoms with Crippen LogP contribution in [-0.2, 0) is 28.9 Å². The molecule has 0 aliphatic carbocycles. The van der Waals surface area contributed by atoms with Crippen molar-refractivity contribution in [3.05, 3.63) is 36.5 Å². The highest BCUT2D eigenvalue weighted by molar-refractivity contribution is 7.80. The number of aliphatic hydroxyl groups is 5. The van der Waals surface area contributed by atoms with Gasteiger partial charge in [0.25, 0.3) is 0 Å². The fourth-order valence-electron chi connectivity index (χ4n) is 8.85. The van der Waals surface area contributed by atoms with E-state index in [9.17, 15) is 43.3 Å². The number of hydrogen-bond donors (Lipinski definition) is 7. The molecule has 1 amide bonds. The molecule has 0 saturated carbocycles. The fourth-order valence-corrected chi connectivity index (χ4v) is 9.36. The van der Waals surface area contributed by atoms with Crippen LogP contribution < -0.4 is 5.32 Å². The van der Waals surface area contributed by atoms with Gasteiger partial charge in [-0.05, 0) is 44.9 Å². The monoisotopic (exact) mass is 1000 g/mol. The minimum Gasteiger partial charge on any atom is -0.394 e. The van der Waals surface area contributed by atoms with Crippen molar-refractivity contribution >= 4 is 16.3 Å². The molecule has 69 heavy (non-hydrogen) atoms. The van der Waals surface area contributed by atoms with Crippen molar-refractivity contribution in [3.8, 4) is 0 Å². The van der Waals surface area contributed by atoms with E-state index >= 15 is 0 Å². The third-order valence-electron chi connectivity index (χ3n) is 13.3. The molecular weight excluding hydrogens is 899 g/mol. The molecule has 406 valence electrons. The summed E-state index contributed by atoms with van der Waals surface area (Å²) in [7, 11) is -5.13. The van der Waals surface area contributed by atoms with Crippen LogP contribution in [0.1, 0.15) is 245 Å². The Morgan fingerprint density at radius 2 is 0.971 bits per heavy atom. The van der Waals surface area contributed by atoms with Crippen LogP contribution in [0.2, 0.25) is 0 Å². The lowest BCUT2D eigenvalue weighted by Crippen LogP contribution is -2.61. The molecule has 1 fully saturated rings. The van der Waals surface area contributed by atoms with Crippen LogP contribution in [-0.4, -0.2) is 107 Å². The number of carbonyl (C=O) groups excluding carboxylic acids is 1. The smallest absolute Gasteiger partial charge is 0.394 e. The lowest BCUT2D eigenvalue weighted by atomic mass is 9.99. The van der Waals surface area contributed by atoms with Crippen LogP contribution in [0.5, 0.6) is 0 Å². The molecule has 1 saturated heterocycles. The van der Waals surface area contributed by atoms with E-state index in [1.807, 2.05) is 0 Å². The van der Waals surface area contributed by atoms with Gasteiger partial charge in [0.05, 0.1) is 25.4 Å². The van der Waals surface area contributed by atoms with Crippen LogP contribution in [0.4, 0.5) is 0 Å². The van der Waals surface area contributed by atoms with Gasteiger partial charge >= 0.3 is 10.4 Å². The average molecular weight is 1000 g/mol. The van der Waals surface area contributed by atoms with Gasteiger partial charge in [-0.3, -0.25) is 9.35 Å². The number of ether oxygens (including phenoxy) is 2. The predicted octanol–water partition coefficient (Wildman–Crippen LogP) is 11.6. The lowest BCUT2D eigenvalue weighted by molar-refractivity contribution is -0.298. The van der Waals surface area contributed by atoms with Crippen LogP contribution in [0, 0.1) is 0 Å². The van der Waals surface area contributed by atoms with Gasteiger partial charge in [0.2, 0.25) is 5.91 Å². The molecule has 0 aromatic heterocycles. The summed E-state index contributed by atoms with van der Waals surface area (Å²) >= 11 is 0. The zero-order chi connectivity index (χ0) is 50.6. The van der Waals surface area contributed by atoms with E-state index < -0.39 is 78.5 Å². The van der Waals surface area contributed by atoms with Crippen molar-refractivity contribution in [2.75, 3.05) is 13.2 Å². The molecule has 13 nitrogen and oxygen atoms in total. The second kappa shape index (κ2) is 44.9. The summed E-state index contributed by atoms with van der Waals surface area (Å²) in [6, 6.07) is -1.14. The van der Waals surface area contributed by atoms with Crippen molar-refractivity contribution in [1.82, 2.24) is 5.32 Å². The van der Waals surface area contributed by atoms with E-state index in [1.165, 1.54) is 173 Å². The summed E-state index contributed by atoms with van der Waals surface area (Å²) in [4.78, 5) is 13.2. The van der Waals surface area contributed by atoms with Crippen molar-refractivity contribution < 1.29 is 57.0 Å². The summed E-state index contributed by atoms with van der Waals surface area (Å²) in [6.07, 6.45) is 43.7. The largest absolute Gasteiger partial charge is 0.397 e. The molecule has 7 N–H and O–H groups in total. The molecule has 1 rings (SSSR count). The maximum atomic E-state index is 13.2. The molecular formula is C55H103NO12S. The van der Waals surface area contributed by atoms with Crippen molar-refractivity contribution in [2.24, 2.45) is 0 Å². The van der Waals surface area contributed by atoms with Gasteiger partial charge in [0, 0.05) is 0 Å². The number of hydrogen-bond acceptors (Lipinski definition) is 11. The van der Waals surface area contributed by atoms with Gasteiger partial charge in [-0.15, -0.1) is 0 Å². The van der Waals surface area contributed by atoms with E-state index in [-0.39, 0.29) is 6.42 Å². The highest BCUT2D eigenvalue weighted by atomic mass is 32.3. The first-order chi connectivity index (χ1) is 33.4. The van der Waals surface area contributed by atoms with Crippen LogP contribution in [0.3, 0.4) is 0 Å². The molecule has 8 unspecified atom stereocenters. The van der Waals surface area contributed by atoms with E-state index in [0.717, 1.165) is 44.9 Å². The molecule has 0 bridgehead atoms. The van der Waals surface area contributed by atoms with Gasteiger partial charge in [-0.2, -0.15) is 8.42 Å². The Kier molecular flexibility index (Phi) is 42.5. The van der Waals surface area contributed by atoms with E-state index in [2.05, 4.69) is 47.7 Å². The topological polar surface area (TPSA) is 212 Å². The van der Waals surface area contributed by atoms with Crippen molar-refractivity contribution in [2.45, 2.75) is 294 Å². The second-order valence-electron chi connectivity index (χ2n) is 19.7. The van der Waals surface area contributed by atoms with E-state index in [4.69, 9.17) is 9.47 Å². The third-order valence-corrected chi connectivity index (χ3v) is 13.7. The summed E-state index contributed by atoms with van der Waals surface area (Å²) < 4.78 is 47.7. The Bertz CT molecular complexity index is 1380. The SMILES string of the molecule is CCCCCCCCCCCC/C=C/CC/C=C/CC/C=C/C(O)C(COC1OC(CO)C(O)C(OS(=O)(=O)O)C1O)NC(=O)C(O)CCCCCCCCCCCCCCCCCCCCCC. The van der Waals surface area contributed by atoms with E-state index in [0.29, 0.717) is 12.8 Å². The Hall–Kier alpha value is -1.72. The number of amides is 1. The maximum absolute atomic E-state index is 13.2. The van der Waals surface area contributed by atoms with Crippen molar-refractivity contribution in [1.29, 1.82) is 0 Å². The molecule has 0 aromatic rings. The minimum atomic E-state index is -5.13. The quantitative estimate of drug-likeness (QED) is 0.0172. The standard InChI is InChI=1S/C55H103NO12S/c1-3-5-7-9-11-13-15-17-19-21-23-25-27-29-31-33-35-37-39-41-43-48(58)47(46-66-55-52(61)53(68-69(63,64)65)51(60)50(45-57)67-55)56-54(62)49(59)44-42-40-38-36-34-32-30-28-26-24-22-20-18-16-14-12-10-8-6-4-2/h25,27,33,35,41,43,47-53,55,57-61H,3-24,26,28-32,34,36-40,42,44-46H2,1-2H3,(H,56,62)(H,63,64,65)/b27-25+,35-33+,43-41+. The Morgan fingerprint density at radius 3 is 1.39 bits per heavy atom. The Balaban J connectivity index is 2.49. The summed E-state index contributed by atoms with van der Waals surface area (Å²) in [6.45, 7) is 3.23. The fraction of sp³-hybridized carbons (Fsp3) is 0.873. The zero-order valence-electron chi connectivity index (χ0n) is 43.5. The molecule has 14 heteroatoms. The number of carbonyl (C=O) groups is 1. The number of aliphatic hydroxyl groups excluding tert-OH is 5. The molecule has 0 radical (unpaired) electrons. The highest BCUT2D eigenvalue weighted by Crippen LogP contribution is 2.26. The van der Waals surface area contributed by atoms with Crippen LogP contribution >= 0.6 is 0 Å². The Morgan fingerprint density at radius 1 is 0.580 bits per heavy atom. The molecule has 1 heterocycles. The van der Waals surface area contributed by atoms with Crippen LogP contribution in [0.15, 0.2) is 36.5 Å². The first-order valence-electron chi connectivity index (χ1n) is 28.0. The van der Waals surface area contributed by atoms with Gasteiger partial charge < -0.3 is 40.3 Å². The van der Waals surface area contributed by atoms with Crippen LogP contribution in [0.25, 0.3) is 0 Å². The van der Waals surface area contributed by atoms with E-state index in [1.54, 1.807) is 6.08 Å². The van der Waals surface area contributed by atoms with Gasteiger partial charge in [0.1, 0.15) is 30.5 Å². The summed E-state index contributed by atoms with van der Waals surface area (Å²) in [5, 5.41) is 55.5. The second-order valence-corrected chi connectivity index (χ2v) is 20.7. The molecule has 1 aliphatic heterocycles. The van der Waals surface area contributed by atoms with Gasteiger partial charge in [-0.1, -0.05) is 237 Å². The normalized spacial score (nSPS) is 20.4. The third kappa shape index (κ3) is 36.8. The maximum Gasteiger partial charge on any atom is 0.397 e. The first-order valence-corrected chi connectivity index (χ1v) is 29.3. The first kappa shape index (κ1) is 65.3. The Labute approximate surface area is 420 Å². The summed E-state index contributed by atoms with van der Waals surface area (Å²) in [5.74, 6) is -0.712. The summed E-state index contributed by atoms with van der Waals surface area (Å²) in [5.41, 5.74) is 0. The molecule has 1 aliphatic rings. The van der Waals surface area contributed by atoms with Crippen molar-refractivity contribution in [3.63, 3.8) is 0 Å².